The molecule has 1 amide bonds. The lowest BCUT2D eigenvalue weighted by Gasteiger charge is -2.07. The zero-order valence-corrected chi connectivity index (χ0v) is 19.6. The lowest BCUT2D eigenvalue weighted by Crippen LogP contribution is -2.16. The van der Waals surface area contributed by atoms with Gasteiger partial charge in [0.15, 0.2) is 20.5 Å². The van der Waals surface area contributed by atoms with Crippen LogP contribution in [-0.4, -0.2) is 32.0 Å². The monoisotopic (exact) mass is 482 g/mol. The van der Waals surface area contributed by atoms with Crippen LogP contribution in [0.5, 0.6) is 0 Å². The van der Waals surface area contributed by atoms with Gasteiger partial charge in [0, 0.05) is 16.9 Å². The molecule has 4 aromatic rings. The number of aromatic nitrogens is 3. The number of anilines is 1. The molecule has 0 aliphatic heterocycles. The molecular formula is C22H18N4O3S3. The molecule has 2 aromatic carbocycles. The summed E-state index contributed by atoms with van der Waals surface area (Å²) in [5.41, 5.74) is 3.15. The summed E-state index contributed by atoms with van der Waals surface area (Å²) in [4.78, 5) is 43.8. The third-order valence-electron chi connectivity index (χ3n) is 4.61. The summed E-state index contributed by atoms with van der Waals surface area (Å²) in [5, 5.41) is 3.08. The Morgan fingerprint density at radius 2 is 1.97 bits per heavy atom. The highest BCUT2D eigenvalue weighted by Gasteiger charge is 2.15. The SMILES string of the molecule is CC(=O)c1cccc(NC(=O)CSc2nc3c(sc(=S)n3-c3ccc(C)cc3)c(=O)[nH]2)c1. The lowest BCUT2D eigenvalue weighted by molar-refractivity contribution is -0.113. The van der Waals surface area contributed by atoms with Gasteiger partial charge in [-0.3, -0.25) is 19.0 Å². The summed E-state index contributed by atoms with van der Waals surface area (Å²) >= 11 is 7.79. The molecule has 0 aliphatic carbocycles. The van der Waals surface area contributed by atoms with Crippen LogP contribution in [0.25, 0.3) is 16.0 Å². The highest BCUT2D eigenvalue weighted by Crippen LogP contribution is 2.25. The highest BCUT2D eigenvalue weighted by atomic mass is 32.2. The van der Waals surface area contributed by atoms with Crippen LogP contribution in [-0.2, 0) is 4.79 Å². The molecular weight excluding hydrogens is 464 g/mol. The van der Waals surface area contributed by atoms with Crippen LogP contribution in [0.1, 0.15) is 22.8 Å². The number of nitrogens with zero attached hydrogens (tertiary/aromatic N) is 2. The second-order valence-corrected chi connectivity index (χ2v) is 9.64. The number of H-pyrrole nitrogens is 1. The predicted octanol–water partition coefficient (Wildman–Crippen LogP) is 4.75. The van der Waals surface area contributed by atoms with E-state index < -0.39 is 0 Å². The van der Waals surface area contributed by atoms with Crippen molar-refractivity contribution in [1.82, 2.24) is 14.5 Å². The van der Waals surface area contributed by atoms with Gasteiger partial charge >= 0.3 is 0 Å². The van der Waals surface area contributed by atoms with Crippen LogP contribution in [0, 0.1) is 10.9 Å². The van der Waals surface area contributed by atoms with Gasteiger partial charge in [-0.15, -0.1) is 0 Å². The molecule has 7 nitrogen and oxygen atoms in total. The normalized spacial score (nSPS) is 10.9. The van der Waals surface area contributed by atoms with Crippen LogP contribution in [0.3, 0.4) is 0 Å². The largest absolute Gasteiger partial charge is 0.325 e. The van der Waals surface area contributed by atoms with Gasteiger partial charge in [-0.1, -0.05) is 52.9 Å². The zero-order valence-electron chi connectivity index (χ0n) is 17.2. The summed E-state index contributed by atoms with van der Waals surface area (Å²) in [6, 6.07) is 14.5. The summed E-state index contributed by atoms with van der Waals surface area (Å²) in [6.07, 6.45) is 0. The minimum absolute atomic E-state index is 0.0359. The molecule has 0 saturated carbocycles. The van der Waals surface area contributed by atoms with Crippen LogP contribution < -0.4 is 10.9 Å². The van der Waals surface area contributed by atoms with E-state index in [1.165, 1.54) is 18.3 Å². The van der Waals surface area contributed by atoms with E-state index in [1.54, 1.807) is 28.8 Å². The molecule has 0 fully saturated rings. The minimum atomic E-state index is -0.297. The van der Waals surface area contributed by atoms with Gasteiger partial charge in [-0.2, -0.15) is 0 Å². The molecule has 0 aliphatic rings. The molecule has 0 saturated heterocycles. The lowest BCUT2D eigenvalue weighted by atomic mass is 10.1. The van der Waals surface area contributed by atoms with Gasteiger partial charge in [0.2, 0.25) is 5.91 Å². The number of ketones is 1. The number of hydrogen-bond donors (Lipinski definition) is 2. The zero-order chi connectivity index (χ0) is 22.8. The number of amides is 1. The first kappa shape index (κ1) is 22.1. The van der Waals surface area contributed by atoms with Crippen LogP contribution in [0.2, 0.25) is 0 Å². The van der Waals surface area contributed by atoms with Crippen LogP contribution in [0.15, 0.2) is 58.5 Å². The molecule has 10 heteroatoms. The van der Waals surface area contributed by atoms with Crippen molar-refractivity contribution >= 4 is 63.0 Å². The number of nitrogens with one attached hydrogen (secondary N) is 2. The van der Waals surface area contributed by atoms with Crippen molar-refractivity contribution in [2.45, 2.75) is 19.0 Å². The first-order valence-corrected chi connectivity index (χ1v) is 11.8. The van der Waals surface area contributed by atoms with Crippen molar-refractivity contribution in [2.24, 2.45) is 0 Å². The summed E-state index contributed by atoms with van der Waals surface area (Å²) in [6.45, 7) is 3.46. The fraction of sp³-hybridized carbons (Fsp3) is 0.136. The Kier molecular flexibility index (Phi) is 6.35. The predicted molar refractivity (Wildman–Crippen MR) is 131 cm³/mol. The Morgan fingerprint density at radius 1 is 1.22 bits per heavy atom. The topological polar surface area (TPSA) is 96.8 Å². The minimum Gasteiger partial charge on any atom is -0.325 e. The fourth-order valence-electron chi connectivity index (χ4n) is 3.03. The summed E-state index contributed by atoms with van der Waals surface area (Å²) < 4.78 is 2.72. The Hall–Kier alpha value is -3.08. The number of benzene rings is 2. The molecule has 2 heterocycles. The molecule has 0 radical (unpaired) electrons. The number of aryl methyl sites for hydroxylation is 1. The first-order chi connectivity index (χ1) is 15.3. The van der Waals surface area contributed by atoms with Crippen molar-refractivity contribution in [1.29, 1.82) is 0 Å². The highest BCUT2D eigenvalue weighted by molar-refractivity contribution is 7.99. The third-order valence-corrected chi connectivity index (χ3v) is 6.84. The van der Waals surface area contributed by atoms with Gasteiger partial charge in [-0.05, 0) is 50.3 Å². The number of fused-ring (bicyclic) bond motifs is 1. The molecule has 4 rings (SSSR count). The smallest absolute Gasteiger partial charge is 0.271 e. The van der Waals surface area contributed by atoms with Crippen LogP contribution >= 0.6 is 35.3 Å². The number of rotatable bonds is 6. The Balaban J connectivity index is 1.57. The Bertz CT molecular complexity index is 1450. The fourth-order valence-corrected chi connectivity index (χ4v) is 4.96. The van der Waals surface area contributed by atoms with E-state index in [0.717, 1.165) is 23.0 Å². The first-order valence-electron chi connectivity index (χ1n) is 9.58. The van der Waals surface area contributed by atoms with Gasteiger partial charge < -0.3 is 10.3 Å². The average Bonchev–Trinajstić information content (AvgIpc) is 3.09. The maximum Gasteiger partial charge on any atom is 0.271 e. The average molecular weight is 483 g/mol. The van der Waals surface area contributed by atoms with Crippen molar-refractivity contribution in [3.63, 3.8) is 0 Å². The van der Waals surface area contributed by atoms with Crippen molar-refractivity contribution in [2.75, 3.05) is 11.1 Å². The number of aromatic amines is 1. The molecule has 0 atom stereocenters. The van der Waals surface area contributed by atoms with E-state index in [4.69, 9.17) is 12.2 Å². The van der Waals surface area contributed by atoms with Gasteiger partial charge in [-0.25, -0.2) is 4.98 Å². The van der Waals surface area contributed by atoms with Crippen LogP contribution in [0.4, 0.5) is 5.69 Å². The number of hydrogen-bond acceptors (Lipinski definition) is 7. The summed E-state index contributed by atoms with van der Waals surface area (Å²) in [7, 11) is 0. The van der Waals surface area contributed by atoms with E-state index >= 15 is 0 Å². The summed E-state index contributed by atoms with van der Waals surface area (Å²) in [5.74, 6) is -0.322. The van der Waals surface area contributed by atoms with E-state index in [-0.39, 0.29) is 23.0 Å². The van der Waals surface area contributed by atoms with Crippen molar-refractivity contribution in [3.8, 4) is 5.69 Å². The van der Waals surface area contributed by atoms with E-state index in [0.29, 0.717) is 30.7 Å². The molecule has 2 N–H and O–H groups in total. The van der Waals surface area contributed by atoms with Crippen molar-refractivity contribution in [3.05, 3.63) is 74.0 Å². The maximum atomic E-state index is 12.6. The number of carbonyl (C=O) groups is 2. The third kappa shape index (κ3) is 4.72. The molecule has 0 unspecified atom stereocenters. The second-order valence-electron chi connectivity index (χ2n) is 7.04. The molecule has 0 spiro atoms. The van der Waals surface area contributed by atoms with Crippen molar-refractivity contribution < 1.29 is 9.59 Å². The Labute approximate surface area is 196 Å². The van der Waals surface area contributed by atoms with E-state index in [9.17, 15) is 14.4 Å². The Morgan fingerprint density at radius 3 is 2.69 bits per heavy atom. The second kappa shape index (κ2) is 9.19. The molecule has 2 aromatic heterocycles. The number of thiazole rings is 1. The van der Waals surface area contributed by atoms with E-state index in [2.05, 4.69) is 15.3 Å². The molecule has 0 bridgehead atoms. The number of Topliss-reactive ketones (excluding diaryl/α,β-unsaturated/α-hetero) is 1. The number of thioether (sulfide) groups is 1. The van der Waals surface area contributed by atoms with Gasteiger partial charge in [0.25, 0.3) is 5.56 Å². The number of carbonyl (C=O) groups excluding carboxylic acids is 2. The maximum absolute atomic E-state index is 12.6. The van der Waals surface area contributed by atoms with E-state index in [1.807, 2.05) is 31.2 Å². The molecule has 32 heavy (non-hydrogen) atoms. The van der Waals surface area contributed by atoms with Gasteiger partial charge in [0.1, 0.15) is 4.70 Å². The van der Waals surface area contributed by atoms with Gasteiger partial charge in [0.05, 0.1) is 5.75 Å². The quantitative estimate of drug-likeness (QED) is 0.178. The molecule has 162 valence electrons. The standard InChI is InChI=1S/C22H18N4O3S3/c1-12-6-8-16(9-7-12)26-19-18(32-22(26)30)20(29)25-21(24-19)31-11-17(28)23-15-5-3-4-14(10-15)13(2)27/h3-10H,11H2,1-2H3,(H,23,28)(H,24,25,29).